The van der Waals surface area contributed by atoms with Crippen LogP contribution in [0.4, 0.5) is 0 Å². The van der Waals surface area contributed by atoms with Crippen LogP contribution in [0.3, 0.4) is 0 Å². The summed E-state index contributed by atoms with van der Waals surface area (Å²) < 4.78 is 38.2. The Kier molecular flexibility index (Phi) is 6.88. The highest BCUT2D eigenvalue weighted by Crippen LogP contribution is 2.29. The van der Waals surface area contributed by atoms with Crippen LogP contribution in [0.5, 0.6) is 0 Å². The van der Waals surface area contributed by atoms with Gasteiger partial charge in [0.1, 0.15) is 16.4 Å². The van der Waals surface area contributed by atoms with Crippen LogP contribution < -0.4 is 10.0 Å². The van der Waals surface area contributed by atoms with Crippen molar-refractivity contribution in [3.8, 4) is 0 Å². The molecule has 128 valence electrons. The third kappa shape index (κ3) is 4.45. The summed E-state index contributed by atoms with van der Waals surface area (Å²) in [7, 11) is -1.89. The number of halogens is 1. The second-order valence-electron chi connectivity index (χ2n) is 5.79. The number of piperidine rings is 1. The van der Waals surface area contributed by atoms with E-state index in [-0.39, 0.29) is 22.7 Å². The molecule has 6 nitrogen and oxygen atoms in total. The molecule has 2 rings (SSSR count). The highest BCUT2D eigenvalue weighted by atomic mass is 35.5. The quantitative estimate of drug-likeness (QED) is 0.813. The van der Waals surface area contributed by atoms with Gasteiger partial charge >= 0.3 is 0 Å². The van der Waals surface area contributed by atoms with Crippen LogP contribution in [0.1, 0.15) is 24.4 Å². The summed E-state index contributed by atoms with van der Waals surface area (Å²) in [5.41, 5.74) is -0.139. The third-order valence-electron chi connectivity index (χ3n) is 4.04. The van der Waals surface area contributed by atoms with Crippen molar-refractivity contribution < 1.29 is 17.6 Å². The van der Waals surface area contributed by atoms with Crippen molar-refractivity contribution in [2.45, 2.75) is 31.6 Å². The molecule has 0 atom stereocenters. The van der Waals surface area contributed by atoms with Crippen molar-refractivity contribution in [1.29, 1.82) is 0 Å². The molecule has 2 heterocycles. The number of hydrogen-bond donors (Lipinski definition) is 2. The lowest BCUT2D eigenvalue weighted by Gasteiger charge is -2.37. The first kappa shape index (κ1) is 19.4. The van der Waals surface area contributed by atoms with E-state index in [4.69, 9.17) is 9.15 Å². The molecule has 22 heavy (non-hydrogen) atoms. The average molecular weight is 353 g/mol. The maximum absolute atomic E-state index is 12.4. The zero-order valence-corrected chi connectivity index (χ0v) is 14.9. The summed E-state index contributed by atoms with van der Waals surface area (Å²) >= 11 is 0. The van der Waals surface area contributed by atoms with Gasteiger partial charge in [-0.2, -0.15) is 0 Å². The molecule has 1 aliphatic rings. The molecule has 8 heteroatoms. The summed E-state index contributed by atoms with van der Waals surface area (Å²) in [4.78, 5) is 0.224. The number of hydrogen-bond acceptors (Lipinski definition) is 5. The van der Waals surface area contributed by atoms with Crippen LogP contribution in [-0.2, 0) is 14.8 Å². The summed E-state index contributed by atoms with van der Waals surface area (Å²) in [5, 5.41) is 3.29. The van der Waals surface area contributed by atoms with Crippen LogP contribution in [-0.4, -0.2) is 41.8 Å². The summed E-state index contributed by atoms with van der Waals surface area (Å²) in [6.07, 6.45) is 1.79. The zero-order chi connectivity index (χ0) is 15.5. The number of sulfonamides is 1. The minimum absolute atomic E-state index is 0. The topological polar surface area (TPSA) is 80.6 Å². The van der Waals surface area contributed by atoms with Crippen LogP contribution in [0.15, 0.2) is 15.4 Å². The second-order valence-corrected chi connectivity index (χ2v) is 7.52. The van der Waals surface area contributed by atoms with Crippen LogP contribution >= 0.6 is 12.4 Å². The van der Waals surface area contributed by atoms with Gasteiger partial charge in [-0.3, -0.25) is 0 Å². The lowest BCUT2D eigenvalue weighted by molar-refractivity contribution is 0.0577. The predicted molar refractivity (Wildman–Crippen MR) is 87.0 cm³/mol. The van der Waals surface area contributed by atoms with Crippen LogP contribution in [0, 0.1) is 19.3 Å². The maximum Gasteiger partial charge on any atom is 0.244 e. The average Bonchev–Trinajstić information content (AvgIpc) is 2.78. The van der Waals surface area contributed by atoms with Gasteiger partial charge in [0, 0.05) is 19.1 Å². The van der Waals surface area contributed by atoms with E-state index in [9.17, 15) is 8.42 Å². The molecule has 0 aromatic carbocycles. The molecule has 1 fully saturated rings. The van der Waals surface area contributed by atoms with Crippen LogP contribution in [0.25, 0.3) is 0 Å². The van der Waals surface area contributed by atoms with E-state index >= 15 is 0 Å². The fraction of sp³-hybridized carbons (Fsp3) is 0.714. The summed E-state index contributed by atoms with van der Waals surface area (Å²) in [5.74, 6) is 1.02. The van der Waals surface area contributed by atoms with Gasteiger partial charge < -0.3 is 14.5 Å². The number of rotatable bonds is 6. The highest BCUT2D eigenvalue weighted by Gasteiger charge is 2.34. The lowest BCUT2D eigenvalue weighted by atomic mass is 9.80. The standard InChI is InChI=1S/C14H24N2O4S.ClH/c1-11-8-13(12(2)20-11)21(17,18)16-9-14(10-19-3)4-6-15-7-5-14;/h8,15-16H,4-7,9-10H2,1-3H3;1H. The molecule has 0 radical (unpaired) electrons. The molecule has 0 amide bonds. The Morgan fingerprint density at radius 2 is 2.00 bits per heavy atom. The van der Waals surface area contributed by atoms with Crippen molar-refractivity contribution in [1.82, 2.24) is 10.0 Å². The molecule has 0 saturated carbocycles. The number of aryl methyl sites for hydroxylation is 2. The second kappa shape index (κ2) is 7.79. The third-order valence-corrected chi connectivity index (χ3v) is 5.55. The summed E-state index contributed by atoms with van der Waals surface area (Å²) in [6, 6.07) is 1.56. The van der Waals surface area contributed by atoms with E-state index in [0.29, 0.717) is 24.7 Å². The van der Waals surface area contributed by atoms with Crippen molar-refractivity contribution in [3.05, 3.63) is 17.6 Å². The molecular formula is C14H25ClN2O4S. The smallest absolute Gasteiger partial charge is 0.244 e. The van der Waals surface area contributed by atoms with E-state index in [1.807, 2.05) is 0 Å². The first-order chi connectivity index (χ1) is 9.88. The summed E-state index contributed by atoms with van der Waals surface area (Å²) in [6.45, 7) is 6.11. The molecular weight excluding hydrogens is 328 g/mol. The number of methoxy groups -OCH3 is 1. The van der Waals surface area contributed by atoms with Gasteiger partial charge in [-0.1, -0.05) is 0 Å². The monoisotopic (exact) mass is 352 g/mol. The predicted octanol–water partition coefficient (Wildman–Crippen LogP) is 1.61. The van der Waals surface area contributed by atoms with Crippen molar-refractivity contribution in [2.75, 3.05) is 33.4 Å². The number of ether oxygens (including phenoxy) is 1. The van der Waals surface area contributed by atoms with Crippen LogP contribution in [0.2, 0.25) is 0 Å². The molecule has 1 saturated heterocycles. The molecule has 1 aliphatic heterocycles. The molecule has 2 N–H and O–H groups in total. The fourth-order valence-electron chi connectivity index (χ4n) is 2.84. The Labute approximate surface area is 138 Å². The van der Waals surface area contributed by atoms with E-state index in [2.05, 4.69) is 10.0 Å². The Bertz CT molecular complexity index is 574. The van der Waals surface area contributed by atoms with E-state index < -0.39 is 10.0 Å². The Morgan fingerprint density at radius 3 is 2.50 bits per heavy atom. The van der Waals surface area contributed by atoms with Crippen molar-refractivity contribution in [3.63, 3.8) is 0 Å². The zero-order valence-electron chi connectivity index (χ0n) is 13.3. The van der Waals surface area contributed by atoms with E-state index in [1.54, 1.807) is 27.0 Å². The van der Waals surface area contributed by atoms with Crippen molar-refractivity contribution in [2.24, 2.45) is 5.41 Å². The first-order valence-corrected chi connectivity index (χ1v) is 8.63. The van der Waals surface area contributed by atoms with Gasteiger partial charge in [-0.05, 0) is 45.8 Å². The maximum atomic E-state index is 12.4. The Balaban J connectivity index is 0.00000242. The number of furan rings is 1. The molecule has 1 aromatic rings. The molecule has 0 unspecified atom stereocenters. The molecule has 0 spiro atoms. The van der Waals surface area contributed by atoms with Gasteiger partial charge in [0.25, 0.3) is 0 Å². The van der Waals surface area contributed by atoms with E-state index in [1.165, 1.54) is 0 Å². The van der Waals surface area contributed by atoms with Crippen molar-refractivity contribution >= 4 is 22.4 Å². The molecule has 1 aromatic heterocycles. The Hall–Kier alpha value is -0.600. The minimum Gasteiger partial charge on any atom is -0.465 e. The first-order valence-electron chi connectivity index (χ1n) is 7.15. The minimum atomic E-state index is -3.55. The van der Waals surface area contributed by atoms with Gasteiger partial charge in [0.15, 0.2) is 0 Å². The molecule has 0 bridgehead atoms. The number of nitrogens with one attached hydrogen (secondary N) is 2. The van der Waals surface area contributed by atoms with Gasteiger partial charge in [-0.25, -0.2) is 13.1 Å². The SMILES string of the molecule is COCC1(CNS(=O)(=O)c2cc(C)oc2C)CCNCC1.Cl. The normalized spacial score (nSPS) is 18.0. The largest absolute Gasteiger partial charge is 0.465 e. The highest BCUT2D eigenvalue weighted by molar-refractivity contribution is 7.89. The van der Waals surface area contributed by atoms with E-state index in [0.717, 1.165) is 25.9 Å². The van der Waals surface area contributed by atoms with Gasteiger partial charge in [0.05, 0.1) is 6.61 Å². The lowest BCUT2D eigenvalue weighted by Crippen LogP contribution is -2.47. The van der Waals surface area contributed by atoms with Gasteiger partial charge in [0.2, 0.25) is 10.0 Å². The van der Waals surface area contributed by atoms with Gasteiger partial charge in [-0.15, -0.1) is 12.4 Å². The molecule has 0 aliphatic carbocycles. The Morgan fingerprint density at radius 1 is 1.36 bits per heavy atom. The fourth-order valence-corrected chi connectivity index (χ4v) is 4.23.